The summed E-state index contributed by atoms with van der Waals surface area (Å²) in [5.41, 5.74) is 9.55. The summed E-state index contributed by atoms with van der Waals surface area (Å²) < 4.78 is 6.07. The lowest BCUT2D eigenvalue weighted by molar-refractivity contribution is 0.0183. The number of nitrogens with zero attached hydrogens (tertiary/aromatic N) is 2. The summed E-state index contributed by atoms with van der Waals surface area (Å²) in [6.07, 6.45) is 14.2. The van der Waals surface area contributed by atoms with Gasteiger partial charge in [0.15, 0.2) is 11.5 Å². The van der Waals surface area contributed by atoms with Gasteiger partial charge in [0.05, 0.1) is 18.8 Å². The minimum atomic E-state index is -0.558. The van der Waals surface area contributed by atoms with E-state index in [1.54, 1.807) is 18.5 Å². The molecule has 2 aliphatic carbocycles. The smallest absolute Gasteiger partial charge is 0.161 e. The van der Waals surface area contributed by atoms with Crippen LogP contribution in [0.15, 0.2) is 54.9 Å². The number of phenols is 1. The van der Waals surface area contributed by atoms with Crippen LogP contribution in [0, 0.1) is 17.3 Å². The number of aryl methyl sites for hydroxylation is 1. The van der Waals surface area contributed by atoms with Crippen LogP contribution in [0.5, 0.6) is 11.5 Å². The van der Waals surface area contributed by atoms with Crippen LogP contribution in [-0.4, -0.2) is 39.1 Å². The van der Waals surface area contributed by atoms with Crippen molar-refractivity contribution in [1.82, 2.24) is 9.97 Å². The second-order valence-electron chi connectivity index (χ2n) is 12.9. The maximum atomic E-state index is 11.1. The van der Waals surface area contributed by atoms with Crippen molar-refractivity contribution in [2.75, 3.05) is 12.3 Å². The van der Waals surface area contributed by atoms with Crippen molar-refractivity contribution in [3.8, 4) is 11.5 Å². The van der Waals surface area contributed by atoms with Crippen molar-refractivity contribution in [1.29, 1.82) is 0 Å². The summed E-state index contributed by atoms with van der Waals surface area (Å²) in [6, 6.07) is 13.2. The summed E-state index contributed by atoms with van der Waals surface area (Å²) in [7, 11) is 0. The van der Waals surface area contributed by atoms with Crippen LogP contribution in [0.3, 0.4) is 0 Å². The average Bonchev–Trinajstić information content (AvgIpc) is 3.60. The summed E-state index contributed by atoms with van der Waals surface area (Å²) in [5, 5.41) is 32.4. The average molecular weight is 575 g/mol. The number of aliphatic hydroxyl groups excluding tert-OH is 2. The number of fused-ring (bicyclic) bond motifs is 2. The molecule has 0 spiro atoms. The highest BCUT2D eigenvalue weighted by Gasteiger charge is 2.44. The third-order valence-electron chi connectivity index (χ3n) is 10.2. The summed E-state index contributed by atoms with van der Waals surface area (Å²) in [6.45, 7) is 2.74. The molecule has 0 unspecified atom stereocenters. The predicted molar refractivity (Wildman–Crippen MR) is 165 cm³/mol. The van der Waals surface area contributed by atoms with E-state index in [-0.39, 0.29) is 11.7 Å². The van der Waals surface area contributed by atoms with Crippen molar-refractivity contribution >= 4 is 5.82 Å². The van der Waals surface area contributed by atoms with Gasteiger partial charge in [-0.2, -0.15) is 11.9 Å². The van der Waals surface area contributed by atoms with Crippen LogP contribution >= 0.6 is 0 Å². The molecule has 1 aromatic carbocycles. The second kappa shape index (κ2) is 14.0. The molecule has 3 aromatic rings. The molecule has 42 heavy (non-hydrogen) atoms. The monoisotopic (exact) mass is 574 g/mol. The zero-order valence-electron chi connectivity index (χ0n) is 25.0. The number of benzene rings is 1. The molecular weight excluding hydrogens is 526 g/mol. The number of nitrogen functional groups attached to an aromatic ring is 1. The standard InChI is InChI=1S/C35H48N3O4/c1-2-35-14-3-6-30(27(23-35)11-15-35)32(41)22-29(39)9-7-24-8-10-31(40)33(19-24)42-18-13-26(20-28-5-4-16-37-28)25-12-17-38-34(36)21-25/h4-5,8,10,12,16-17,19,21,26-27,29-30,32,39-41H,2-3,6-7,9,11,13-15,18,20,22-23H2,1H3,(H2,36,38)/q-1/t26-,27+,29-,30+,32-,35-/m1/s1. The van der Waals surface area contributed by atoms with E-state index < -0.39 is 12.2 Å². The van der Waals surface area contributed by atoms with Crippen molar-refractivity contribution in [2.24, 2.45) is 17.3 Å². The number of phenolic OH excluding ortho intramolecular Hbond substituents is 1. The largest absolute Gasteiger partial charge is 0.668 e. The minimum absolute atomic E-state index is 0.102. The molecule has 7 nitrogen and oxygen atoms in total. The van der Waals surface area contributed by atoms with Crippen LogP contribution in [0.25, 0.3) is 0 Å². The van der Waals surface area contributed by atoms with Gasteiger partial charge in [-0.05, 0) is 123 Å². The second-order valence-corrected chi connectivity index (χ2v) is 12.9. The van der Waals surface area contributed by atoms with E-state index in [1.165, 1.54) is 38.5 Å². The van der Waals surface area contributed by atoms with E-state index in [0.29, 0.717) is 54.7 Å². The molecule has 5 N–H and O–H groups in total. The Balaban J connectivity index is 1.12. The number of pyridine rings is 1. The molecule has 228 valence electrons. The summed E-state index contributed by atoms with van der Waals surface area (Å²) in [5.74, 6) is 2.09. The predicted octanol–water partition coefficient (Wildman–Crippen LogP) is 6.16. The van der Waals surface area contributed by atoms with Crippen LogP contribution in [0.1, 0.15) is 93.9 Å². The lowest BCUT2D eigenvalue weighted by Crippen LogP contribution is -2.30. The number of rotatable bonds is 14. The Bertz CT molecular complexity index is 1260. The number of anilines is 1. The molecule has 2 saturated carbocycles. The fourth-order valence-corrected chi connectivity index (χ4v) is 7.66. The molecule has 2 heterocycles. The Labute approximate surface area is 250 Å². The Hall–Kier alpha value is -3.03. The third-order valence-corrected chi connectivity index (χ3v) is 10.2. The first-order valence-corrected chi connectivity index (χ1v) is 15.9. The number of aromatic nitrogens is 2. The fraction of sp³-hybridized carbons (Fsp3) is 0.571. The fourth-order valence-electron chi connectivity index (χ4n) is 7.66. The zero-order valence-corrected chi connectivity index (χ0v) is 25.0. The van der Waals surface area contributed by atoms with Crippen molar-refractivity contribution in [3.05, 3.63) is 71.7 Å². The summed E-state index contributed by atoms with van der Waals surface area (Å²) >= 11 is 0. The molecule has 5 rings (SSSR count). The minimum Gasteiger partial charge on any atom is -0.668 e. The van der Waals surface area contributed by atoms with Crippen LogP contribution in [0.2, 0.25) is 0 Å². The van der Waals surface area contributed by atoms with Gasteiger partial charge < -0.3 is 30.8 Å². The van der Waals surface area contributed by atoms with E-state index in [0.717, 1.165) is 36.1 Å². The third kappa shape index (κ3) is 7.67. The molecular formula is C35H48N3O4-. The number of hydrogen-bond donors (Lipinski definition) is 4. The number of hydrogen-bond acceptors (Lipinski definition) is 6. The van der Waals surface area contributed by atoms with Crippen LogP contribution in [-0.2, 0) is 12.8 Å². The first kappa shape index (κ1) is 30.4. The van der Waals surface area contributed by atoms with Crippen LogP contribution in [0.4, 0.5) is 5.82 Å². The van der Waals surface area contributed by atoms with E-state index in [4.69, 9.17) is 10.5 Å². The van der Waals surface area contributed by atoms with Gasteiger partial charge in [0, 0.05) is 6.20 Å². The van der Waals surface area contributed by atoms with Gasteiger partial charge in [0.25, 0.3) is 0 Å². The topological polar surface area (TPSA) is 123 Å². The van der Waals surface area contributed by atoms with Gasteiger partial charge >= 0.3 is 0 Å². The lowest BCUT2D eigenvalue weighted by Gasteiger charge is -2.29. The molecule has 2 aromatic heterocycles. The lowest BCUT2D eigenvalue weighted by atomic mass is 9.79. The highest BCUT2D eigenvalue weighted by atomic mass is 16.5. The van der Waals surface area contributed by atoms with Crippen molar-refractivity contribution < 1.29 is 20.1 Å². The zero-order chi connectivity index (χ0) is 29.5. The van der Waals surface area contributed by atoms with Gasteiger partial charge in [-0.15, -0.1) is 0 Å². The molecule has 0 radical (unpaired) electrons. The summed E-state index contributed by atoms with van der Waals surface area (Å²) in [4.78, 5) is 8.55. The molecule has 6 atom stereocenters. The Morgan fingerprint density at radius 2 is 2.00 bits per heavy atom. The first-order chi connectivity index (χ1) is 20.3. The highest BCUT2D eigenvalue weighted by molar-refractivity contribution is 5.42. The SMILES string of the molecule is CC[C@@]12CCC[C@H]([C@H](O)C[C@H](O)CCc3ccc(O)c(OCC[C@H](Cc4ccc[n-]4)c4ccnc(N)c4)c3)[C@@H](CC1)C2. The molecule has 0 aliphatic heterocycles. The van der Waals surface area contributed by atoms with E-state index in [1.807, 2.05) is 36.4 Å². The maximum absolute atomic E-state index is 11.1. The Kier molecular flexibility index (Phi) is 10.1. The number of aliphatic hydroxyl groups is 2. The molecule has 0 saturated heterocycles. The van der Waals surface area contributed by atoms with Gasteiger partial charge in [0.2, 0.25) is 0 Å². The van der Waals surface area contributed by atoms with Crippen LogP contribution < -0.4 is 15.5 Å². The van der Waals surface area contributed by atoms with E-state index in [2.05, 4.69) is 16.9 Å². The Morgan fingerprint density at radius 3 is 2.79 bits per heavy atom. The Morgan fingerprint density at radius 1 is 1.12 bits per heavy atom. The van der Waals surface area contributed by atoms with E-state index in [9.17, 15) is 15.3 Å². The molecule has 2 fully saturated rings. The highest BCUT2D eigenvalue weighted by Crippen LogP contribution is 2.54. The van der Waals surface area contributed by atoms with Gasteiger partial charge in [0.1, 0.15) is 5.82 Å². The maximum Gasteiger partial charge on any atom is 0.161 e. The molecule has 2 bridgehead atoms. The molecule has 2 aliphatic rings. The molecule has 7 heteroatoms. The quantitative estimate of drug-likeness (QED) is 0.182. The molecule has 0 amide bonds. The van der Waals surface area contributed by atoms with Crippen molar-refractivity contribution in [2.45, 2.75) is 102 Å². The van der Waals surface area contributed by atoms with Gasteiger partial charge in [-0.3, -0.25) is 0 Å². The number of ether oxygens (including phenoxy) is 1. The normalized spacial score (nSPS) is 24.2. The van der Waals surface area contributed by atoms with Gasteiger partial charge in [-0.1, -0.05) is 38.0 Å². The van der Waals surface area contributed by atoms with E-state index >= 15 is 0 Å². The van der Waals surface area contributed by atoms with Gasteiger partial charge in [-0.25, -0.2) is 4.98 Å². The number of aromatic hydroxyl groups is 1. The van der Waals surface area contributed by atoms with Crippen molar-refractivity contribution in [3.63, 3.8) is 0 Å². The number of nitrogens with two attached hydrogens (primary N) is 1. The first-order valence-electron chi connectivity index (χ1n) is 15.9.